The van der Waals surface area contributed by atoms with Gasteiger partial charge in [0, 0.05) is 17.9 Å². The summed E-state index contributed by atoms with van der Waals surface area (Å²) in [5.74, 6) is 0.0897. The number of hydrogen-bond acceptors (Lipinski definition) is 5. The number of nitrogens with one attached hydrogen (secondary N) is 1. The number of esters is 1. The molecule has 1 aromatic carbocycles. The average Bonchev–Trinajstić information content (AvgIpc) is 2.41. The minimum Gasteiger partial charge on any atom is -0.508 e. The lowest BCUT2D eigenvalue weighted by molar-refractivity contribution is -0.140. The van der Waals surface area contributed by atoms with Gasteiger partial charge in [-0.3, -0.25) is 9.59 Å². The maximum atomic E-state index is 11.5. The van der Waals surface area contributed by atoms with Gasteiger partial charge in [-0.15, -0.1) is 11.8 Å². The monoisotopic (exact) mass is 283 g/mol. The molecule has 1 rings (SSSR count). The molecule has 0 spiro atoms. The van der Waals surface area contributed by atoms with Gasteiger partial charge in [-0.2, -0.15) is 0 Å². The molecule has 0 aromatic heterocycles. The first-order chi connectivity index (χ1) is 9.11. The number of benzene rings is 1. The third-order valence-corrected chi connectivity index (χ3v) is 3.29. The second-order valence-electron chi connectivity index (χ2n) is 3.82. The van der Waals surface area contributed by atoms with Crippen molar-refractivity contribution < 1.29 is 19.4 Å². The molecule has 6 heteroatoms. The smallest absolute Gasteiger partial charge is 0.305 e. The first kappa shape index (κ1) is 15.4. The van der Waals surface area contributed by atoms with Crippen LogP contribution in [0.1, 0.15) is 12.8 Å². The van der Waals surface area contributed by atoms with Crippen molar-refractivity contribution in [1.82, 2.24) is 5.32 Å². The molecular formula is C13H17NO4S. The summed E-state index contributed by atoms with van der Waals surface area (Å²) in [6.07, 6.45) is 0.867. The zero-order chi connectivity index (χ0) is 14.1. The molecule has 5 nitrogen and oxygen atoms in total. The van der Waals surface area contributed by atoms with Crippen molar-refractivity contribution in [3.63, 3.8) is 0 Å². The Balaban J connectivity index is 2.16. The van der Waals surface area contributed by atoms with Gasteiger partial charge in [0.25, 0.3) is 0 Å². The topological polar surface area (TPSA) is 75.6 Å². The molecule has 0 aliphatic carbocycles. The van der Waals surface area contributed by atoms with Crippen molar-refractivity contribution in [3.8, 4) is 5.75 Å². The van der Waals surface area contributed by atoms with Crippen LogP contribution in [-0.4, -0.2) is 36.4 Å². The molecule has 0 atom stereocenters. The van der Waals surface area contributed by atoms with E-state index >= 15 is 0 Å². The quantitative estimate of drug-likeness (QED) is 0.451. The van der Waals surface area contributed by atoms with Crippen molar-refractivity contribution in [2.24, 2.45) is 0 Å². The number of amides is 1. The standard InChI is InChI=1S/C13H17NO4S/c1-18-13(17)6-3-7-14-12(16)9-19-11-5-2-4-10(15)8-11/h2,4-5,8,15H,3,6-7,9H2,1H3,(H,14,16). The molecule has 0 radical (unpaired) electrons. The van der Waals surface area contributed by atoms with Gasteiger partial charge in [0.15, 0.2) is 0 Å². The number of ether oxygens (including phenoxy) is 1. The fourth-order valence-electron chi connectivity index (χ4n) is 1.34. The molecular weight excluding hydrogens is 266 g/mol. The van der Waals surface area contributed by atoms with E-state index in [4.69, 9.17) is 0 Å². The first-order valence-electron chi connectivity index (χ1n) is 5.87. The van der Waals surface area contributed by atoms with E-state index in [1.54, 1.807) is 18.2 Å². The fourth-order valence-corrected chi connectivity index (χ4v) is 2.11. The number of aromatic hydroxyl groups is 1. The van der Waals surface area contributed by atoms with Crippen LogP contribution in [0.3, 0.4) is 0 Å². The van der Waals surface area contributed by atoms with Crippen LogP contribution in [0, 0.1) is 0 Å². The number of carbonyl (C=O) groups excluding carboxylic acids is 2. The Morgan fingerprint density at radius 2 is 2.21 bits per heavy atom. The van der Waals surface area contributed by atoms with Crippen LogP contribution < -0.4 is 5.32 Å². The lowest BCUT2D eigenvalue weighted by Gasteiger charge is -2.05. The summed E-state index contributed by atoms with van der Waals surface area (Å²) < 4.78 is 4.49. The van der Waals surface area contributed by atoms with E-state index in [1.807, 2.05) is 6.07 Å². The van der Waals surface area contributed by atoms with Crippen LogP contribution in [0.15, 0.2) is 29.2 Å². The minimum atomic E-state index is -0.275. The van der Waals surface area contributed by atoms with E-state index in [-0.39, 0.29) is 23.4 Å². The first-order valence-corrected chi connectivity index (χ1v) is 6.85. The van der Waals surface area contributed by atoms with E-state index in [0.717, 1.165) is 4.90 Å². The SMILES string of the molecule is COC(=O)CCCNC(=O)CSc1cccc(O)c1. The van der Waals surface area contributed by atoms with Crippen LogP contribution in [0.4, 0.5) is 0 Å². The molecule has 2 N–H and O–H groups in total. The lowest BCUT2D eigenvalue weighted by atomic mass is 10.3. The van der Waals surface area contributed by atoms with E-state index in [1.165, 1.54) is 18.9 Å². The van der Waals surface area contributed by atoms with Crippen molar-refractivity contribution >= 4 is 23.6 Å². The van der Waals surface area contributed by atoms with Gasteiger partial charge in [0.1, 0.15) is 5.75 Å². The highest BCUT2D eigenvalue weighted by molar-refractivity contribution is 8.00. The molecule has 1 amide bonds. The molecule has 0 bridgehead atoms. The summed E-state index contributed by atoms with van der Waals surface area (Å²) in [6.45, 7) is 0.453. The normalized spacial score (nSPS) is 9.95. The number of carbonyl (C=O) groups is 2. The zero-order valence-electron chi connectivity index (χ0n) is 10.7. The van der Waals surface area contributed by atoms with Crippen molar-refractivity contribution in [1.29, 1.82) is 0 Å². The Labute approximate surface area is 116 Å². The third-order valence-electron chi connectivity index (χ3n) is 2.30. The van der Waals surface area contributed by atoms with Gasteiger partial charge in [-0.05, 0) is 24.6 Å². The van der Waals surface area contributed by atoms with Crippen LogP contribution in [0.2, 0.25) is 0 Å². The van der Waals surface area contributed by atoms with Gasteiger partial charge in [-0.1, -0.05) is 6.07 Å². The minimum absolute atomic E-state index is 0.0989. The Morgan fingerprint density at radius 1 is 1.42 bits per heavy atom. The van der Waals surface area contributed by atoms with Crippen LogP contribution >= 0.6 is 11.8 Å². The Kier molecular flexibility index (Phi) is 6.81. The molecule has 104 valence electrons. The second kappa shape index (κ2) is 8.42. The molecule has 0 fully saturated rings. The van der Waals surface area contributed by atoms with E-state index in [2.05, 4.69) is 10.1 Å². The number of phenolic OH excluding ortho intramolecular Hbond substituents is 1. The van der Waals surface area contributed by atoms with Gasteiger partial charge >= 0.3 is 5.97 Å². The number of methoxy groups -OCH3 is 1. The van der Waals surface area contributed by atoms with Crippen LogP contribution in [0.5, 0.6) is 5.75 Å². The van der Waals surface area contributed by atoms with E-state index in [9.17, 15) is 14.7 Å². The summed E-state index contributed by atoms with van der Waals surface area (Å²) in [4.78, 5) is 23.2. The molecule has 0 aliphatic heterocycles. The maximum absolute atomic E-state index is 11.5. The summed E-state index contributed by atoms with van der Waals surface area (Å²) in [7, 11) is 1.34. The number of phenols is 1. The number of hydrogen-bond donors (Lipinski definition) is 2. The predicted molar refractivity (Wildman–Crippen MR) is 73.1 cm³/mol. The molecule has 0 saturated carbocycles. The highest BCUT2D eigenvalue weighted by Gasteiger charge is 2.04. The second-order valence-corrected chi connectivity index (χ2v) is 4.86. The third kappa shape index (κ3) is 6.71. The highest BCUT2D eigenvalue weighted by atomic mass is 32.2. The lowest BCUT2D eigenvalue weighted by Crippen LogP contribution is -2.26. The summed E-state index contributed by atoms with van der Waals surface area (Å²) in [5.41, 5.74) is 0. The van der Waals surface area contributed by atoms with E-state index in [0.29, 0.717) is 19.4 Å². The summed E-state index contributed by atoms with van der Waals surface area (Å²) in [6, 6.07) is 6.74. The fraction of sp³-hybridized carbons (Fsp3) is 0.385. The molecule has 19 heavy (non-hydrogen) atoms. The molecule has 0 aliphatic rings. The van der Waals surface area contributed by atoms with Gasteiger partial charge in [0.05, 0.1) is 12.9 Å². The maximum Gasteiger partial charge on any atom is 0.305 e. The van der Waals surface area contributed by atoms with Gasteiger partial charge in [-0.25, -0.2) is 0 Å². The van der Waals surface area contributed by atoms with Gasteiger partial charge in [0.2, 0.25) is 5.91 Å². The Morgan fingerprint density at radius 3 is 2.89 bits per heavy atom. The van der Waals surface area contributed by atoms with Crippen molar-refractivity contribution in [3.05, 3.63) is 24.3 Å². The number of rotatable bonds is 7. The summed E-state index contributed by atoms with van der Waals surface area (Å²) in [5, 5.41) is 12.0. The van der Waals surface area contributed by atoms with Gasteiger partial charge < -0.3 is 15.2 Å². The van der Waals surface area contributed by atoms with Crippen molar-refractivity contribution in [2.45, 2.75) is 17.7 Å². The Hall–Kier alpha value is -1.69. The van der Waals surface area contributed by atoms with E-state index < -0.39 is 0 Å². The molecule has 1 aromatic rings. The molecule has 0 saturated heterocycles. The van der Waals surface area contributed by atoms with Crippen LogP contribution in [-0.2, 0) is 14.3 Å². The molecule has 0 unspecified atom stereocenters. The zero-order valence-corrected chi connectivity index (χ0v) is 11.5. The van der Waals surface area contributed by atoms with Crippen molar-refractivity contribution in [2.75, 3.05) is 19.4 Å². The largest absolute Gasteiger partial charge is 0.508 e. The Bertz CT molecular complexity index is 436. The van der Waals surface area contributed by atoms with Crippen LogP contribution in [0.25, 0.3) is 0 Å². The summed E-state index contributed by atoms with van der Waals surface area (Å²) >= 11 is 1.35. The average molecular weight is 283 g/mol. The number of thioether (sulfide) groups is 1. The molecule has 0 heterocycles. The predicted octanol–water partition coefficient (Wildman–Crippen LogP) is 1.55. The highest BCUT2D eigenvalue weighted by Crippen LogP contribution is 2.21.